The maximum Gasteiger partial charge on any atom is 0.337 e. The number of allylic oxidation sites excluding steroid dienone is 1. The van der Waals surface area contributed by atoms with Gasteiger partial charge in [0, 0.05) is 5.57 Å². The van der Waals surface area contributed by atoms with Gasteiger partial charge in [-0.3, -0.25) is 0 Å². The van der Waals surface area contributed by atoms with Crippen LogP contribution in [0.4, 0.5) is 5.88 Å². The van der Waals surface area contributed by atoms with Gasteiger partial charge in [0.25, 0.3) is 5.88 Å². The first-order valence-corrected chi connectivity index (χ1v) is 6.59. The fourth-order valence-corrected chi connectivity index (χ4v) is 1.64. The third kappa shape index (κ3) is 3.83. The van der Waals surface area contributed by atoms with Gasteiger partial charge < -0.3 is 9.15 Å². The Labute approximate surface area is 132 Å². The summed E-state index contributed by atoms with van der Waals surface area (Å²) in [5, 5.41) is 13.0. The Kier molecular flexibility index (Phi) is 4.89. The number of rotatable bonds is 5. The maximum atomic E-state index is 11.3. The van der Waals surface area contributed by atoms with Crippen molar-refractivity contribution in [3.8, 4) is 6.07 Å². The van der Waals surface area contributed by atoms with Crippen molar-refractivity contribution < 1.29 is 13.9 Å². The van der Waals surface area contributed by atoms with Gasteiger partial charge in [0.2, 0.25) is 11.6 Å². The zero-order valence-electron chi connectivity index (χ0n) is 12.7. The molecule has 0 aliphatic rings. The van der Waals surface area contributed by atoms with Crippen molar-refractivity contribution in [1.29, 1.82) is 5.26 Å². The van der Waals surface area contributed by atoms with Crippen LogP contribution >= 0.6 is 0 Å². The zero-order chi connectivity index (χ0) is 16.8. The highest BCUT2D eigenvalue weighted by molar-refractivity contribution is 5.90. The lowest BCUT2D eigenvalue weighted by Gasteiger charge is -1.99. The van der Waals surface area contributed by atoms with Gasteiger partial charge in [-0.25, -0.2) is 10.2 Å². The number of carbonyl (C=O) groups is 1. The first kappa shape index (κ1) is 16.0. The number of ether oxygens (including phenoxy) is 1. The van der Waals surface area contributed by atoms with Crippen LogP contribution in [-0.2, 0) is 4.74 Å². The Morgan fingerprint density at radius 3 is 2.74 bits per heavy atom. The number of hydrogen-bond donors (Lipinski definition) is 1. The van der Waals surface area contributed by atoms with E-state index in [-0.39, 0.29) is 17.5 Å². The van der Waals surface area contributed by atoms with Crippen LogP contribution in [-0.4, -0.2) is 24.3 Å². The minimum atomic E-state index is -0.403. The summed E-state index contributed by atoms with van der Waals surface area (Å²) in [6, 6.07) is 8.59. The van der Waals surface area contributed by atoms with Crippen molar-refractivity contribution in [1.82, 2.24) is 4.98 Å². The summed E-state index contributed by atoms with van der Waals surface area (Å²) in [6.45, 7) is 5.43. The van der Waals surface area contributed by atoms with Crippen LogP contribution in [0.1, 0.15) is 34.4 Å². The number of anilines is 1. The number of oxazole rings is 1. The van der Waals surface area contributed by atoms with Crippen molar-refractivity contribution in [3.05, 3.63) is 53.6 Å². The lowest BCUT2D eigenvalue weighted by molar-refractivity contribution is 0.0600. The quantitative estimate of drug-likeness (QED) is 0.518. The molecule has 2 rings (SSSR count). The van der Waals surface area contributed by atoms with Gasteiger partial charge in [-0.05, 0) is 24.6 Å². The number of carbonyl (C=O) groups excluding carboxylic acids is 1. The zero-order valence-corrected chi connectivity index (χ0v) is 12.7. The van der Waals surface area contributed by atoms with Crippen LogP contribution in [0.2, 0.25) is 0 Å². The summed E-state index contributed by atoms with van der Waals surface area (Å²) in [5.74, 6) is 0.0221. The third-order valence-corrected chi connectivity index (χ3v) is 2.81. The smallest absolute Gasteiger partial charge is 0.337 e. The third-order valence-electron chi connectivity index (χ3n) is 2.81. The second-order valence-electron chi connectivity index (χ2n) is 4.57. The van der Waals surface area contributed by atoms with E-state index in [1.54, 1.807) is 31.2 Å². The molecular formula is C16H14N4O3. The molecule has 0 unspecified atom stereocenters. The van der Waals surface area contributed by atoms with Crippen LogP contribution in [0.3, 0.4) is 0 Å². The van der Waals surface area contributed by atoms with E-state index in [1.807, 2.05) is 6.07 Å². The molecule has 1 aromatic carbocycles. The monoisotopic (exact) mass is 310 g/mol. The Balaban J connectivity index is 2.09. The second-order valence-corrected chi connectivity index (χ2v) is 4.57. The molecule has 2 aromatic rings. The summed E-state index contributed by atoms with van der Waals surface area (Å²) in [4.78, 5) is 15.3. The molecule has 0 saturated carbocycles. The fraction of sp³-hybridized carbons (Fsp3) is 0.125. The Bertz CT molecular complexity index is 798. The van der Waals surface area contributed by atoms with Gasteiger partial charge in [0.1, 0.15) is 6.07 Å². The van der Waals surface area contributed by atoms with Crippen molar-refractivity contribution in [3.63, 3.8) is 0 Å². The number of hydrazone groups is 1. The van der Waals surface area contributed by atoms with E-state index in [4.69, 9.17) is 9.68 Å². The van der Waals surface area contributed by atoms with Crippen LogP contribution in [0.5, 0.6) is 0 Å². The first-order valence-electron chi connectivity index (χ1n) is 6.59. The molecule has 0 fully saturated rings. The van der Waals surface area contributed by atoms with Crippen molar-refractivity contribution >= 4 is 23.6 Å². The van der Waals surface area contributed by atoms with E-state index < -0.39 is 5.97 Å². The summed E-state index contributed by atoms with van der Waals surface area (Å²) in [5.41, 5.74) is 4.53. The largest absolute Gasteiger partial charge is 0.465 e. The van der Waals surface area contributed by atoms with Gasteiger partial charge in [0.15, 0.2) is 0 Å². The molecule has 23 heavy (non-hydrogen) atoms. The van der Waals surface area contributed by atoms with Crippen molar-refractivity contribution in [2.24, 2.45) is 5.10 Å². The Morgan fingerprint density at radius 1 is 1.48 bits per heavy atom. The lowest BCUT2D eigenvalue weighted by atomic mass is 10.1. The summed E-state index contributed by atoms with van der Waals surface area (Å²) in [7, 11) is 1.32. The first-order chi connectivity index (χ1) is 11.0. The van der Waals surface area contributed by atoms with Crippen molar-refractivity contribution in [2.45, 2.75) is 6.92 Å². The molecule has 0 atom stereocenters. The number of methoxy groups -OCH3 is 1. The van der Waals surface area contributed by atoms with Crippen LogP contribution < -0.4 is 5.43 Å². The number of aromatic nitrogens is 1. The van der Waals surface area contributed by atoms with Crippen LogP contribution in [0, 0.1) is 11.3 Å². The average molecular weight is 310 g/mol. The molecule has 1 heterocycles. The van der Waals surface area contributed by atoms with E-state index in [0.29, 0.717) is 11.1 Å². The molecule has 1 aromatic heterocycles. The highest BCUT2D eigenvalue weighted by Crippen LogP contribution is 2.20. The topological polar surface area (TPSA) is 101 Å². The van der Waals surface area contributed by atoms with E-state index in [0.717, 1.165) is 5.56 Å². The maximum absolute atomic E-state index is 11.3. The van der Waals surface area contributed by atoms with E-state index in [1.165, 1.54) is 13.3 Å². The summed E-state index contributed by atoms with van der Waals surface area (Å²) < 4.78 is 9.97. The van der Waals surface area contributed by atoms with Gasteiger partial charge in [-0.1, -0.05) is 18.7 Å². The molecule has 7 heteroatoms. The SMILES string of the molecule is C=C(C)c1nc(C#N)c(N/N=C/c2ccc(C(=O)OC)cc2)o1. The number of esters is 1. The lowest BCUT2D eigenvalue weighted by Crippen LogP contribution is -2.00. The number of hydrogen-bond acceptors (Lipinski definition) is 7. The number of nitriles is 1. The van der Waals surface area contributed by atoms with Gasteiger partial charge in [-0.15, -0.1) is 0 Å². The number of nitrogens with zero attached hydrogens (tertiary/aromatic N) is 3. The van der Waals surface area contributed by atoms with E-state index in [9.17, 15) is 4.79 Å². The summed E-state index contributed by atoms with van der Waals surface area (Å²) >= 11 is 0. The molecule has 0 saturated heterocycles. The van der Waals surface area contributed by atoms with Gasteiger partial charge in [0.05, 0.1) is 18.9 Å². The highest BCUT2D eigenvalue weighted by Gasteiger charge is 2.12. The van der Waals surface area contributed by atoms with Gasteiger partial charge >= 0.3 is 5.97 Å². The standard InChI is InChI=1S/C16H14N4O3/c1-10(2)14-19-13(8-17)15(23-14)20-18-9-11-4-6-12(7-5-11)16(21)22-3/h4-7,9,20H,1H2,2-3H3/b18-9+. The molecule has 0 spiro atoms. The normalized spacial score (nSPS) is 10.3. The molecular weight excluding hydrogens is 296 g/mol. The molecule has 1 N–H and O–H groups in total. The van der Waals surface area contributed by atoms with Crippen LogP contribution in [0.25, 0.3) is 5.57 Å². The molecule has 0 aliphatic heterocycles. The molecule has 0 amide bonds. The van der Waals surface area contributed by atoms with Crippen molar-refractivity contribution in [2.75, 3.05) is 12.5 Å². The van der Waals surface area contributed by atoms with Gasteiger partial charge in [-0.2, -0.15) is 15.3 Å². The van der Waals surface area contributed by atoms with E-state index in [2.05, 4.69) is 26.8 Å². The molecule has 0 bridgehead atoms. The van der Waals surface area contributed by atoms with E-state index >= 15 is 0 Å². The molecule has 116 valence electrons. The predicted molar refractivity (Wildman–Crippen MR) is 84.9 cm³/mol. The number of benzene rings is 1. The fourth-order valence-electron chi connectivity index (χ4n) is 1.64. The molecule has 0 aliphatic carbocycles. The predicted octanol–water partition coefficient (Wildman–Crippen LogP) is 2.81. The molecule has 0 radical (unpaired) electrons. The minimum Gasteiger partial charge on any atom is -0.465 e. The number of nitrogens with one attached hydrogen (secondary N) is 1. The van der Waals surface area contributed by atoms with Crippen LogP contribution in [0.15, 0.2) is 40.4 Å². The summed E-state index contributed by atoms with van der Waals surface area (Å²) in [6.07, 6.45) is 1.52. The molecule has 7 nitrogen and oxygen atoms in total. The Morgan fingerprint density at radius 2 is 2.17 bits per heavy atom. The Hall–Kier alpha value is -3.40. The minimum absolute atomic E-state index is 0.0983. The second kappa shape index (κ2) is 7.04. The average Bonchev–Trinajstić information content (AvgIpc) is 2.98. The highest BCUT2D eigenvalue weighted by atomic mass is 16.5.